The van der Waals surface area contributed by atoms with Gasteiger partial charge in [-0.05, 0) is 38.0 Å². The van der Waals surface area contributed by atoms with Gasteiger partial charge in [0.25, 0.3) is 0 Å². The van der Waals surface area contributed by atoms with E-state index in [2.05, 4.69) is 28.7 Å². The molecule has 12 heavy (non-hydrogen) atoms. The first kappa shape index (κ1) is 9.29. The van der Waals surface area contributed by atoms with Crippen molar-refractivity contribution in [2.75, 3.05) is 14.1 Å². The van der Waals surface area contributed by atoms with Crippen molar-refractivity contribution >= 4 is 21.6 Å². The molecule has 3 heteroatoms. The number of nitrogens with one attached hydrogen (secondary N) is 2. The molecule has 0 aromatic carbocycles. The number of aromatic amines is 1. The zero-order chi connectivity index (χ0) is 8.97. The topological polar surface area (TPSA) is 27.8 Å². The molecule has 0 aliphatic carbocycles. The summed E-state index contributed by atoms with van der Waals surface area (Å²) in [7, 11) is 3.75. The summed E-state index contributed by atoms with van der Waals surface area (Å²) in [6, 6.07) is 2.10. The number of H-pyrrole nitrogens is 1. The van der Waals surface area contributed by atoms with Crippen LogP contribution in [-0.4, -0.2) is 19.1 Å². The molecule has 0 saturated heterocycles. The van der Waals surface area contributed by atoms with E-state index in [0.29, 0.717) is 0 Å². The van der Waals surface area contributed by atoms with Crippen molar-refractivity contribution in [2.45, 2.75) is 6.92 Å². The van der Waals surface area contributed by atoms with Crippen molar-refractivity contribution in [3.63, 3.8) is 0 Å². The first-order chi connectivity index (χ1) is 5.79. The van der Waals surface area contributed by atoms with Gasteiger partial charge in [-0.3, -0.25) is 0 Å². The molecule has 0 aliphatic rings. The highest BCUT2D eigenvalue weighted by Crippen LogP contribution is 2.22. The lowest BCUT2D eigenvalue weighted by molar-refractivity contribution is 1.02. The maximum Gasteiger partial charge on any atom is 0.0566 e. The van der Waals surface area contributed by atoms with E-state index in [1.165, 1.54) is 15.8 Å². The van der Waals surface area contributed by atoms with Crippen LogP contribution in [0.2, 0.25) is 0 Å². The van der Waals surface area contributed by atoms with Crippen LogP contribution in [0.15, 0.2) is 17.6 Å². The number of hydrogen-bond acceptors (Lipinski definition) is 2. The standard InChI is InChI=1S/C7H7NS.C2H7N/c1-5-4-8-6-2-3-9-7(5)6;1-3-2/h2-4,8H,1H3;3H,1-2H3. The van der Waals surface area contributed by atoms with E-state index in [1.54, 1.807) is 11.3 Å². The van der Waals surface area contributed by atoms with Crippen LogP contribution in [0.5, 0.6) is 0 Å². The molecular formula is C9H14N2S. The Morgan fingerprint density at radius 1 is 1.42 bits per heavy atom. The molecule has 0 amide bonds. The minimum absolute atomic E-state index is 1.26. The van der Waals surface area contributed by atoms with Gasteiger partial charge in [-0.25, -0.2) is 0 Å². The van der Waals surface area contributed by atoms with Crippen LogP contribution in [0.1, 0.15) is 5.56 Å². The average molecular weight is 182 g/mol. The van der Waals surface area contributed by atoms with Crippen LogP contribution in [0.25, 0.3) is 10.2 Å². The van der Waals surface area contributed by atoms with Gasteiger partial charge in [-0.1, -0.05) is 0 Å². The minimum Gasteiger partial charge on any atom is -0.360 e. The monoisotopic (exact) mass is 182 g/mol. The lowest BCUT2D eigenvalue weighted by atomic mass is 10.4. The summed E-state index contributed by atoms with van der Waals surface area (Å²) in [4.78, 5) is 3.18. The fourth-order valence-corrected chi connectivity index (χ4v) is 1.82. The summed E-state index contributed by atoms with van der Waals surface area (Å²) in [5.41, 5.74) is 2.61. The Morgan fingerprint density at radius 3 is 2.67 bits per heavy atom. The van der Waals surface area contributed by atoms with Gasteiger partial charge in [0.05, 0.1) is 10.2 Å². The zero-order valence-electron chi connectivity index (χ0n) is 7.64. The van der Waals surface area contributed by atoms with Crippen molar-refractivity contribution in [1.29, 1.82) is 0 Å². The van der Waals surface area contributed by atoms with Crippen molar-refractivity contribution in [3.05, 3.63) is 23.2 Å². The van der Waals surface area contributed by atoms with Crippen molar-refractivity contribution in [2.24, 2.45) is 0 Å². The third kappa shape index (κ3) is 1.87. The van der Waals surface area contributed by atoms with E-state index >= 15 is 0 Å². The second-order valence-electron chi connectivity index (χ2n) is 2.64. The van der Waals surface area contributed by atoms with Crippen LogP contribution in [-0.2, 0) is 0 Å². The number of thiophene rings is 1. The highest BCUT2D eigenvalue weighted by atomic mass is 32.1. The van der Waals surface area contributed by atoms with Crippen LogP contribution in [0.4, 0.5) is 0 Å². The lowest BCUT2D eigenvalue weighted by Gasteiger charge is -1.75. The largest absolute Gasteiger partial charge is 0.360 e. The highest BCUT2D eigenvalue weighted by molar-refractivity contribution is 7.17. The molecule has 0 radical (unpaired) electrons. The van der Waals surface area contributed by atoms with Crippen LogP contribution < -0.4 is 5.32 Å². The van der Waals surface area contributed by atoms with Gasteiger partial charge < -0.3 is 10.3 Å². The van der Waals surface area contributed by atoms with E-state index < -0.39 is 0 Å². The molecule has 2 aromatic rings. The lowest BCUT2D eigenvalue weighted by Crippen LogP contribution is -1.89. The predicted octanol–water partition coefficient (Wildman–Crippen LogP) is 2.37. The van der Waals surface area contributed by atoms with Crippen LogP contribution in [0.3, 0.4) is 0 Å². The van der Waals surface area contributed by atoms with Crippen molar-refractivity contribution in [3.8, 4) is 0 Å². The molecule has 0 fully saturated rings. The van der Waals surface area contributed by atoms with Gasteiger partial charge in [-0.15, -0.1) is 11.3 Å². The summed E-state index contributed by atoms with van der Waals surface area (Å²) in [6.45, 7) is 2.12. The highest BCUT2D eigenvalue weighted by Gasteiger charge is 1.97. The number of aryl methyl sites for hydroxylation is 1. The van der Waals surface area contributed by atoms with Gasteiger partial charge in [0.2, 0.25) is 0 Å². The van der Waals surface area contributed by atoms with E-state index in [9.17, 15) is 0 Å². The summed E-state index contributed by atoms with van der Waals surface area (Å²) >= 11 is 1.79. The first-order valence-electron chi connectivity index (χ1n) is 3.89. The van der Waals surface area contributed by atoms with Gasteiger partial charge in [0.1, 0.15) is 0 Å². The van der Waals surface area contributed by atoms with Crippen LogP contribution >= 0.6 is 11.3 Å². The molecular weight excluding hydrogens is 168 g/mol. The molecule has 2 heterocycles. The number of hydrogen-bond donors (Lipinski definition) is 2. The third-order valence-electron chi connectivity index (χ3n) is 1.47. The van der Waals surface area contributed by atoms with Crippen molar-refractivity contribution < 1.29 is 0 Å². The summed E-state index contributed by atoms with van der Waals surface area (Å²) < 4.78 is 1.38. The van der Waals surface area contributed by atoms with Crippen LogP contribution in [0, 0.1) is 6.92 Å². The smallest absolute Gasteiger partial charge is 0.0566 e. The SMILES string of the molecule is CNC.Cc1c[nH]c2ccsc12. The Labute approximate surface area is 76.6 Å². The molecule has 2 rings (SSSR count). The second-order valence-corrected chi connectivity index (χ2v) is 3.55. The van der Waals surface area contributed by atoms with E-state index in [4.69, 9.17) is 0 Å². The van der Waals surface area contributed by atoms with Gasteiger partial charge >= 0.3 is 0 Å². The molecule has 2 N–H and O–H groups in total. The third-order valence-corrected chi connectivity index (χ3v) is 2.52. The Balaban J connectivity index is 0.000000213. The number of rotatable bonds is 0. The molecule has 0 bridgehead atoms. The van der Waals surface area contributed by atoms with E-state index in [0.717, 1.165) is 0 Å². The Bertz CT molecular complexity index is 335. The van der Waals surface area contributed by atoms with E-state index in [1.807, 2.05) is 20.3 Å². The fourth-order valence-electron chi connectivity index (χ4n) is 0.980. The quantitative estimate of drug-likeness (QED) is 0.643. The maximum atomic E-state index is 3.18. The summed E-state index contributed by atoms with van der Waals surface area (Å²) in [5, 5.41) is 4.86. The minimum atomic E-state index is 1.26. The maximum absolute atomic E-state index is 3.18. The van der Waals surface area contributed by atoms with Crippen molar-refractivity contribution in [1.82, 2.24) is 10.3 Å². The summed E-state index contributed by atoms with van der Waals surface area (Å²) in [5.74, 6) is 0. The number of aromatic nitrogens is 1. The van der Waals surface area contributed by atoms with Gasteiger partial charge in [0, 0.05) is 6.20 Å². The Kier molecular flexibility index (Phi) is 3.31. The molecule has 2 aromatic heterocycles. The molecule has 0 atom stereocenters. The second kappa shape index (κ2) is 4.28. The van der Waals surface area contributed by atoms with Gasteiger partial charge in [-0.2, -0.15) is 0 Å². The summed E-state index contributed by atoms with van der Waals surface area (Å²) in [6.07, 6.45) is 2.04. The predicted molar refractivity (Wildman–Crippen MR) is 55.9 cm³/mol. The zero-order valence-corrected chi connectivity index (χ0v) is 8.46. The molecule has 0 saturated carbocycles. The normalized spacial score (nSPS) is 9.58. The number of fused-ring (bicyclic) bond motifs is 1. The Hall–Kier alpha value is -0.800. The molecule has 0 unspecified atom stereocenters. The molecule has 2 nitrogen and oxygen atoms in total. The molecule has 66 valence electrons. The molecule has 0 aliphatic heterocycles. The van der Waals surface area contributed by atoms with E-state index in [-0.39, 0.29) is 0 Å². The molecule has 0 spiro atoms. The Morgan fingerprint density at radius 2 is 2.08 bits per heavy atom. The fraction of sp³-hybridized carbons (Fsp3) is 0.333. The van der Waals surface area contributed by atoms with Gasteiger partial charge in [0.15, 0.2) is 0 Å². The average Bonchev–Trinajstić information content (AvgIpc) is 2.57. The first-order valence-corrected chi connectivity index (χ1v) is 4.77.